The molecule has 166 valence electrons. The van der Waals surface area contributed by atoms with Crippen LogP contribution in [0.2, 0.25) is 5.02 Å². The van der Waals surface area contributed by atoms with E-state index in [-0.39, 0.29) is 16.3 Å². The Morgan fingerprint density at radius 1 is 1.00 bits per heavy atom. The second-order valence-corrected chi connectivity index (χ2v) is 7.96. The lowest BCUT2D eigenvalue weighted by molar-refractivity contribution is -0.140. The van der Waals surface area contributed by atoms with E-state index in [2.05, 4.69) is 10.6 Å². The SMILES string of the molecule is O=C(NCC1CCCCC1)c1cc(Cl)ccc1NC(=O)c1cccc(C(F)(F)F)c1F. The van der Waals surface area contributed by atoms with Crippen molar-refractivity contribution in [1.82, 2.24) is 5.32 Å². The van der Waals surface area contributed by atoms with E-state index >= 15 is 0 Å². The van der Waals surface area contributed by atoms with Crippen LogP contribution in [0.25, 0.3) is 0 Å². The zero-order chi connectivity index (χ0) is 22.6. The van der Waals surface area contributed by atoms with E-state index < -0.39 is 34.9 Å². The number of nitrogens with one attached hydrogen (secondary N) is 2. The highest BCUT2D eigenvalue weighted by Gasteiger charge is 2.35. The number of carbonyl (C=O) groups excluding carboxylic acids is 2. The predicted octanol–water partition coefficient (Wildman–Crippen LogP) is 6.06. The molecule has 0 radical (unpaired) electrons. The molecule has 0 bridgehead atoms. The highest BCUT2D eigenvalue weighted by atomic mass is 35.5. The fraction of sp³-hybridized carbons (Fsp3) is 0.364. The molecule has 3 rings (SSSR count). The minimum absolute atomic E-state index is 0.0207. The van der Waals surface area contributed by atoms with Gasteiger partial charge < -0.3 is 10.6 Å². The van der Waals surface area contributed by atoms with Gasteiger partial charge in [0, 0.05) is 11.6 Å². The van der Waals surface area contributed by atoms with Crippen LogP contribution in [0.1, 0.15) is 58.4 Å². The maximum atomic E-state index is 14.3. The van der Waals surface area contributed by atoms with Gasteiger partial charge in [-0.2, -0.15) is 13.2 Å². The fourth-order valence-corrected chi connectivity index (χ4v) is 3.82. The second-order valence-electron chi connectivity index (χ2n) is 7.52. The third-order valence-corrected chi connectivity index (χ3v) is 5.53. The maximum Gasteiger partial charge on any atom is 0.419 e. The van der Waals surface area contributed by atoms with Gasteiger partial charge in [0.25, 0.3) is 11.8 Å². The van der Waals surface area contributed by atoms with Crippen LogP contribution in [0.5, 0.6) is 0 Å². The first-order valence-corrected chi connectivity index (χ1v) is 10.3. The van der Waals surface area contributed by atoms with E-state index in [9.17, 15) is 27.2 Å². The summed E-state index contributed by atoms with van der Waals surface area (Å²) in [6.07, 6.45) is 0.511. The molecule has 1 aliphatic carbocycles. The summed E-state index contributed by atoms with van der Waals surface area (Å²) < 4.78 is 53.1. The van der Waals surface area contributed by atoms with Crippen molar-refractivity contribution >= 4 is 29.1 Å². The molecule has 0 unspecified atom stereocenters. The normalized spacial score (nSPS) is 14.9. The summed E-state index contributed by atoms with van der Waals surface area (Å²) in [5.74, 6) is -2.89. The summed E-state index contributed by atoms with van der Waals surface area (Å²) in [4.78, 5) is 25.2. The fourth-order valence-electron chi connectivity index (χ4n) is 3.65. The number of rotatable bonds is 5. The highest BCUT2D eigenvalue weighted by molar-refractivity contribution is 6.31. The molecule has 1 aliphatic rings. The predicted molar refractivity (Wildman–Crippen MR) is 110 cm³/mol. The number of benzene rings is 2. The van der Waals surface area contributed by atoms with Gasteiger partial charge in [-0.3, -0.25) is 9.59 Å². The van der Waals surface area contributed by atoms with Crippen LogP contribution in [-0.4, -0.2) is 18.4 Å². The topological polar surface area (TPSA) is 58.2 Å². The first kappa shape index (κ1) is 23.1. The molecule has 1 fully saturated rings. The number of anilines is 1. The van der Waals surface area contributed by atoms with Gasteiger partial charge in [-0.15, -0.1) is 0 Å². The first-order chi connectivity index (χ1) is 14.7. The van der Waals surface area contributed by atoms with E-state index in [0.717, 1.165) is 37.8 Å². The molecule has 0 aliphatic heterocycles. The van der Waals surface area contributed by atoms with Crippen LogP contribution in [0.15, 0.2) is 36.4 Å². The minimum atomic E-state index is -4.94. The number of amides is 2. The highest BCUT2D eigenvalue weighted by Crippen LogP contribution is 2.33. The van der Waals surface area contributed by atoms with Gasteiger partial charge in [0.15, 0.2) is 0 Å². The third-order valence-electron chi connectivity index (χ3n) is 5.30. The molecule has 2 N–H and O–H groups in total. The first-order valence-electron chi connectivity index (χ1n) is 9.91. The molecule has 0 aromatic heterocycles. The summed E-state index contributed by atoms with van der Waals surface area (Å²) in [7, 11) is 0. The van der Waals surface area contributed by atoms with E-state index in [0.29, 0.717) is 18.5 Å². The second kappa shape index (κ2) is 9.68. The Hall–Kier alpha value is -2.61. The molecular weight excluding hydrogens is 436 g/mol. The monoisotopic (exact) mass is 456 g/mol. The van der Waals surface area contributed by atoms with Crippen LogP contribution in [0.3, 0.4) is 0 Å². The molecule has 2 aromatic carbocycles. The minimum Gasteiger partial charge on any atom is -0.352 e. The molecule has 0 heterocycles. The van der Waals surface area contributed by atoms with Crippen LogP contribution in [0.4, 0.5) is 23.2 Å². The molecule has 0 atom stereocenters. The molecule has 2 amide bonds. The Morgan fingerprint density at radius 2 is 1.71 bits per heavy atom. The van der Waals surface area contributed by atoms with Crippen molar-refractivity contribution in [2.75, 3.05) is 11.9 Å². The van der Waals surface area contributed by atoms with Crippen LogP contribution in [-0.2, 0) is 6.18 Å². The Morgan fingerprint density at radius 3 is 2.39 bits per heavy atom. The summed E-state index contributed by atoms with van der Waals surface area (Å²) in [6.45, 7) is 0.473. The number of halogens is 5. The Bertz CT molecular complexity index is 972. The number of carbonyl (C=O) groups is 2. The van der Waals surface area contributed by atoms with Crippen LogP contribution < -0.4 is 10.6 Å². The summed E-state index contributed by atoms with van der Waals surface area (Å²) in [5.41, 5.74) is -2.25. The Kier molecular flexibility index (Phi) is 7.20. The third kappa shape index (κ3) is 5.76. The van der Waals surface area contributed by atoms with Crippen molar-refractivity contribution in [3.05, 3.63) is 63.9 Å². The number of hydrogen-bond acceptors (Lipinski definition) is 2. The Balaban J connectivity index is 1.79. The van der Waals surface area contributed by atoms with Crippen LogP contribution in [0, 0.1) is 11.7 Å². The number of hydrogen-bond donors (Lipinski definition) is 2. The number of alkyl halides is 3. The van der Waals surface area contributed by atoms with E-state index in [1.807, 2.05) is 0 Å². The summed E-state index contributed by atoms with van der Waals surface area (Å²) >= 11 is 5.98. The van der Waals surface area contributed by atoms with Gasteiger partial charge >= 0.3 is 6.18 Å². The lowest BCUT2D eigenvalue weighted by Gasteiger charge is -2.22. The maximum absolute atomic E-state index is 14.3. The smallest absolute Gasteiger partial charge is 0.352 e. The van der Waals surface area contributed by atoms with Gasteiger partial charge in [0.2, 0.25) is 0 Å². The van der Waals surface area contributed by atoms with E-state index in [1.165, 1.54) is 24.6 Å². The summed E-state index contributed by atoms with van der Waals surface area (Å²) in [5, 5.41) is 5.39. The van der Waals surface area contributed by atoms with Gasteiger partial charge in [0.1, 0.15) is 5.82 Å². The van der Waals surface area contributed by atoms with E-state index in [1.54, 1.807) is 0 Å². The van der Waals surface area contributed by atoms with Crippen molar-refractivity contribution < 1.29 is 27.2 Å². The van der Waals surface area contributed by atoms with Gasteiger partial charge in [-0.25, -0.2) is 4.39 Å². The summed E-state index contributed by atoms with van der Waals surface area (Å²) in [6, 6.07) is 6.55. The zero-order valence-electron chi connectivity index (χ0n) is 16.5. The van der Waals surface area contributed by atoms with Crippen molar-refractivity contribution in [3.63, 3.8) is 0 Å². The molecule has 0 saturated heterocycles. The Labute approximate surface area is 182 Å². The molecule has 9 heteroatoms. The average Bonchev–Trinajstić information content (AvgIpc) is 2.73. The van der Waals surface area contributed by atoms with Crippen molar-refractivity contribution in [2.45, 2.75) is 38.3 Å². The van der Waals surface area contributed by atoms with Crippen molar-refractivity contribution in [3.8, 4) is 0 Å². The average molecular weight is 457 g/mol. The van der Waals surface area contributed by atoms with Gasteiger partial charge in [-0.05, 0) is 49.1 Å². The van der Waals surface area contributed by atoms with Crippen molar-refractivity contribution in [2.24, 2.45) is 5.92 Å². The van der Waals surface area contributed by atoms with Crippen LogP contribution >= 0.6 is 11.6 Å². The largest absolute Gasteiger partial charge is 0.419 e. The van der Waals surface area contributed by atoms with Gasteiger partial charge in [-0.1, -0.05) is 36.9 Å². The molecule has 1 saturated carbocycles. The van der Waals surface area contributed by atoms with Gasteiger partial charge in [0.05, 0.1) is 22.4 Å². The lowest BCUT2D eigenvalue weighted by Crippen LogP contribution is -2.31. The quantitative estimate of drug-likeness (QED) is 0.537. The van der Waals surface area contributed by atoms with Crippen molar-refractivity contribution in [1.29, 1.82) is 0 Å². The molecule has 0 spiro atoms. The lowest BCUT2D eigenvalue weighted by atomic mass is 9.89. The molecule has 31 heavy (non-hydrogen) atoms. The standard InChI is InChI=1S/C22H21ClF4N2O2/c23-14-9-10-18(16(11-14)20(30)28-12-13-5-2-1-3-6-13)29-21(31)15-7-4-8-17(19(15)24)22(25,26)27/h4,7-11,13H,1-3,5-6,12H2,(H,28,30)(H,29,31). The zero-order valence-corrected chi connectivity index (χ0v) is 17.2. The molecule has 2 aromatic rings. The molecule has 4 nitrogen and oxygen atoms in total. The molecular formula is C22H21ClF4N2O2. The van der Waals surface area contributed by atoms with E-state index in [4.69, 9.17) is 11.6 Å².